The summed E-state index contributed by atoms with van der Waals surface area (Å²) in [5.41, 5.74) is 0. The monoisotopic (exact) mass is 484 g/mol. The van der Waals surface area contributed by atoms with Crippen molar-refractivity contribution in [1.29, 1.82) is 0 Å². The molecule has 2 nitrogen and oxygen atoms in total. The Morgan fingerprint density at radius 3 is 1.53 bits per heavy atom. The van der Waals surface area contributed by atoms with Crippen molar-refractivity contribution < 1.29 is 44.7 Å². The van der Waals surface area contributed by atoms with E-state index in [1.807, 2.05) is 0 Å². The molecule has 0 saturated heterocycles. The van der Waals surface area contributed by atoms with Gasteiger partial charge in [0.25, 0.3) is 0 Å². The van der Waals surface area contributed by atoms with Crippen molar-refractivity contribution in [1.82, 2.24) is 0 Å². The Morgan fingerprint density at radius 2 is 1.12 bits per heavy atom. The maximum atomic E-state index is 13.7. The Hall–Kier alpha value is -1.09. The average Bonchev–Trinajstić information content (AvgIpc) is 2.66. The molecule has 0 saturated carbocycles. The van der Waals surface area contributed by atoms with Gasteiger partial charge in [0.1, 0.15) is 0 Å². The van der Waals surface area contributed by atoms with Crippen LogP contribution in [0.15, 0.2) is 0 Å². The van der Waals surface area contributed by atoms with Gasteiger partial charge in [-0.1, -0.05) is 77.6 Å². The van der Waals surface area contributed by atoms with Crippen LogP contribution in [0.25, 0.3) is 0 Å². The molecule has 0 radical (unpaired) electrons. The van der Waals surface area contributed by atoms with Crippen molar-refractivity contribution in [2.45, 2.75) is 134 Å². The first-order chi connectivity index (χ1) is 14.8. The molecule has 0 aromatic rings. The minimum Gasteiger partial charge on any atom is -0.396 e. The van der Waals surface area contributed by atoms with E-state index < -0.39 is 49.6 Å². The van der Waals surface area contributed by atoms with E-state index in [9.17, 15) is 39.9 Å². The van der Waals surface area contributed by atoms with Crippen molar-refractivity contribution in [3.8, 4) is 0 Å². The van der Waals surface area contributed by atoms with E-state index in [0.717, 1.165) is 44.9 Å². The first-order valence-corrected chi connectivity index (χ1v) is 11.5. The molecule has 0 bridgehead atoms. The number of unbranched alkanes of at least 4 members (excludes halogenated alkanes) is 11. The van der Waals surface area contributed by atoms with Crippen LogP contribution in [-0.2, 0) is 9.53 Å². The predicted molar refractivity (Wildman–Crippen MR) is 106 cm³/mol. The van der Waals surface area contributed by atoms with Crippen molar-refractivity contribution in [2.24, 2.45) is 0 Å². The molecular weight excluding hydrogens is 448 g/mol. The molecule has 1 atom stereocenters. The van der Waals surface area contributed by atoms with Crippen LogP contribution in [0, 0.1) is 0 Å². The summed E-state index contributed by atoms with van der Waals surface area (Å²) in [6, 6.07) is 0. The molecule has 0 N–H and O–H groups in total. The molecule has 32 heavy (non-hydrogen) atoms. The van der Waals surface area contributed by atoms with Crippen molar-refractivity contribution in [3.05, 3.63) is 0 Å². The minimum absolute atomic E-state index is 0.0215. The molecule has 0 aromatic carbocycles. The standard InChI is InChI=1S/C22H36F8O2/c1-2-15-19(31)32-22(29,30)21(27,28)18(23)16-13-11-9-7-5-3-4-6-8-10-12-14-17-20(24,25)26/h18H,2-17H2,1H3. The van der Waals surface area contributed by atoms with Crippen molar-refractivity contribution in [2.75, 3.05) is 0 Å². The summed E-state index contributed by atoms with van der Waals surface area (Å²) in [5, 5.41) is 0. The minimum atomic E-state index is -5.18. The lowest BCUT2D eigenvalue weighted by Crippen LogP contribution is -2.50. The van der Waals surface area contributed by atoms with Crippen LogP contribution in [0.4, 0.5) is 35.1 Å². The summed E-state index contributed by atoms with van der Waals surface area (Å²) < 4.78 is 107. The summed E-state index contributed by atoms with van der Waals surface area (Å²) in [4.78, 5) is 11.1. The molecule has 10 heteroatoms. The summed E-state index contributed by atoms with van der Waals surface area (Å²) in [7, 11) is 0. The maximum absolute atomic E-state index is 13.7. The van der Waals surface area contributed by atoms with E-state index >= 15 is 0 Å². The van der Waals surface area contributed by atoms with E-state index in [1.165, 1.54) is 6.92 Å². The zero-order valence-corrected chi connectivity index (χ0v) is 18.7. The highest BCUT2D eigenvalue weighted by atomic mass is 19.4. The van der Waals surface area contributed by atoms with Gasteiger partial charge in [0, 0.05) is 12.8 Å². The fourth-order valence-corrected chi connectivity index (χ4v) is 3.25. The van der Waals surface area contributed by atoms with Gasteiger partial charge >= 0.3 is 24.2 Å². The third-order valence-electron chi connectivity index (χ3n) is 5.15. The third kappa shape index (κ3) is 14.1. The number of esters is 1. The van der Waals surface area contributed by atoms with Gasteiger partial charge in [-0.15, -0.1) is 0 Å². The Kier molecular flexibility index (Phi) is 15.2. The van der Waals surface area contributed by atoms with Crippen LogP contribution >= 0.6 is 0 Å². The normalized spacial score (nSPS) is 13.9. The van der Waals surface area contributed by atoms with Gasteiger partial charge < -0.3 is 4.74 Å². The molecule has 0 aromatic heterocycles. The lowest BCUT2D eigenvalue weighted by Gasteiger charge is -2.28. The molecule has 0 aliphatic heterocycles. The second-order valence-corrected chi connectivity index (χ2v) is 8.23. The number of hydrogen-bond acceptors (Lipinski definition) is 2. The summed E-state index contributed by atoms with van der Waals surface area (Å²) in [6.45, 7) is 1.49. The van der Waals surface area contributed by atoms with Crippen LogP contribution in [0.3, 0.4) is 0 Å². The zero-order valence-electron chi connectivity index (χ0n) is 18.7. The number of carbonyl (C=O) groups excluding carboxylic acids is 1. The molecular formula is C22H36F8O2. The molecule has 0 rings (SSSR count). The van der Waals surface area contributed by atoms with E-state index in [-0.39, 0.29) is 19.3 Å². The molecule has 0 aliphatic carbocycles. The first kappa shape index (κ1) is 30.9. The number of carbonyl (C=O) groups is 1. The van der Waals surface area contributed by atoms with Crippen molar-refractivity contribution in [3.63, 3.8) is 0 Å². The van der Waals surface area contributed by atoms with Crippen LogP contribution in [0.1, 0.15) is 110 Å². The SMILES string of the molecule is CCCC(=O)OC(F)(F)C(F)(F)C(F)CCCCCCCCCCCCCCC(F)(F)F. The zero-order chi connectivity index (χ0) is 24.7. The molecule has 0 amide bonds. The topological polar surface area (TPSA) is 26.3 Å². The van der Waals surface area contributed by atoms with Crippen LogP contribution in [-0.4, -0.2) is 30.3 Å². The van der Waals surface area contributed by atoms with Gasteiger partial charge in [0.15, 0.2) is 6.17 Å². The Bertz CT molecular complexity index is 495. The van der Waals surface area contributed by atoms with E-state index in [4.69, 9.17) is 0 Å². The number of rotatable bonds is 19. The summed E-state index contributed by atoms with van der Waals surface area (Å²) in [6.07, 6.45) is -6.09. The van der Waals surface area contributed by atoms with Gasteiger partial charge in [0.05, 0.1) is 0 Å². The molecule has 0 spiro atoms. The molecule has 0 heterocycles. The maximum Gasteiger partial charge on any atom is 0.469 e. The average molecular weight is 485 g/mol. The van der Waals surface area contributed by atoms with E-state index in [1.54, 1.807) is 0 Å². The van der Waals surface area contributed by atoms with E-state index in [0.29, 0.717) is 19.3 Å². The van der Waals surface area contributed by atoms with Crippen LogP contribution in [0.5, 0.6) is 0 Å². The second-order valence-electron chi connectivity index (χ2n) is 8.23. The van der Waals surface area contributed by atoms with Crippen LogP contribution in [0.2, 0.25) is 0 Å². The Labute approximate surface area is 185 Å². The first-order valence-electron chi connectivity index (χ1n) is 11.5. The van der Waals surface area contributed by atoms with Gasteiger partial charge in [0.2, 0.25) is 0 Å². The third-order valence-corrected chi connectivity index (χ3v) is 5.15. The van der Waals surface area contributed by atoms with Gasteiger partial charge in [-0.2, -0.15) is 30.7 Å². The lowest BCUT2D eigenvalue weighted by atomic mass is 10.0. The predicted octanol–water partition coefficient (Wildman–Crippen LogP) is 8.92. The number of hydrogen-bond donors (Lipinski definition) is 0. The quantitative estimate of drug-likeness (QED) is 0.104. The van der Waals surface area contributed by atoms with E-state index in [2.05, 4.69) is 4.74 Å². The largest absolute Gasteiger partial charge is 0.469 e. The fraction of sp³-hybridized carbons (Fsp3) is 0.955. The summed E-state index contributed by atoms with van der Waals surface area (Å²) >= 11 is 0. The molecule has 0 fully saturated rings. The highest BCUT2D eigenvalue weighted by molar-refractivity contribution is 5.69. The molecule has 1 unspecified atom stereocenters. The van der Waals surface area contributed by atoms with Gasteiger partial charge in [-0.05, 0) is 19.3 Å². The Balaban J connectivity index is 3.76. The fourth-order valence-electron chi connectivity index (χ4n) is 3.25. The molecule has 192 valence electrons. The van der Waals surface area contributed by atoms with Gasteiger partial charge in [-0.3, -0.25) is 4.79 Å². The smallest absolute Gasteiger partial charge is 0.396 e. The second kappa shape index (κ2) is 15.7. The summed E-state index contributed by atoms with van der Waals surface area (Å²) in [5.74, 6) is -6.57. The van der Waals surface area contributed by atoms with Gasteiger partial charge in [-0.25, -0.2) is 4.39 Å². The number of alkyl halides is 8. The Morgan fingerprint density at radius 1 is 0.719 bits per heavy atom. The number of ether oxygens (including phenoxy) is 1. The molecule has 0 aliphatic rings. The highest BCUT2D eigenvalue weighted by Crippen LogP contribution is 2.41. The van der Waals surface area contributed by atoms with Crippen LogP contribution < -0.4 is 0 Å². The number of halogens is 8. The van der Waals surface area contributed by atoms with Crippen molar-refractivity contribution >= 4 is 5.97 Å². The lowest BCUT2D eigenvalue weighted by molar-refractivity contribution is -0.346. The highest BCUT2D eigenvalue weighted by Gasteiger charge is 2.65.